The molecule has 0 heterocycles. The number of carbonyl (C=O) groups excluding carboxylic acids is 1. The van der Waals surface area contributed by atoms with Gasteiger partial charge < -0.3 is 10.6 Å². The number of rotatable bonds is 7. The van der Waals surface area contributed by atoms with Gasteiger partial charge in [-0.25, -0.2) is 4.79 Å². The quantitative estimate of drug-likeness (QED) is 0.803. The molecule has 2 amide bonds. The minimum absolute atomic E-state index is 0.0558. The number of benzene rings is 1. The predicted octanol–water partition coefficient (Wildman–Crippen LogP) is 2.49. The maximum absolute atomic E-state index is 11.5. The van der Waals surface area contributed by atoms with E-state index in [0.717, 1.165) is 38.0 Å². The first kappa shape index (κ1) is 14.9. The van der Waals surface area contributed by atoms with Crippen LogP contribution < -0.4 is 10.6 Å². The summed E-state index contributed by atoms with van der Waals surface area (Å²) < 4.78 is 0. The maximum Gasteiger partial charge on any atom is 0.315 e. The summed E-state index contributed by atoms with van der Waals surface area (Å²) in [7, 11) is 0. The molecule has 1 aliphatic carbocycles. The van der Waals surface area contributed by atoms with Gasteiger partial charge in [0, 0.05) is 19.1 Å². The standard InChI is InChI=1S/C16H25N3O/c1-3-19(4-2)12-14-7-5-13(6-8-14)11-17-16(20)18-15-9-10-15/h5-8,15H,3-4,9-12H2,1-2H3,(H2,17,18,20). The average Bonchev–Trinajstić information content (AvgIpc) is 3.27. The van der Waals surface area contributed by atoms with Crippen LogP contribution in [0.15, 0.2) is 24.3 Å². The lowest BCUT2D eigenvalue weighted by Gasteiger charge is -2.18. The SMILES string of the molecule is CCN(CC)Cc1ccc(CNC(=O)NC2CC2)cc1. The van der Waals surface area contributed by atoms with E-state index in [-0.39, 0.29) is 6.03 Å². The van der Waals surface area contributed by atoms with Crippen LogP contribution in [-0.4, -0.2) is 30.1 Å². The van der Waals surface area contributed by atoms with Crippen molar-refractivity contribution in [3.05, 3.63) is 35.4 Å². The zero-order valence-corrected chi connectivity index (χ0v) is 12.5. The molecule has 1 aliphatic rings. The van der Waals surface area contributed by atoms with E-state index in [4.69, 9.17) is 0 Å². The zero-order valence-electron chi connectivity index (χ0n) is 12.5. The Morgan fingerprint density at radius 1 is 1.15 bits per heavy atom. The Hall–Kier alpha value is -1.55. The van der Waals surface area contributed by atoms with E-state index < -0.39 is 0 Å². The van der Waals surface area contributed by atoms with Crippen molar-refractivity contribution < 1.29 is 4.79 Å². The van der Waals surface area contributed by atoms with Gasteiger partial charge in [0.05, 0.1) is 0 Å². The van der Waals surface area contributed by atoms with Crippen molar-refractivity contribution in [1.82, 2.24) is 15.5 Å². The van der Waals surface area contributed by atoms with Crippen LogP contribution in [0.2, 0.25) is 0 Å². The van der Waals surface area contributed by atoms with Crippen molar-refractivity contribution in [3.63, 3.8) is 0 Å². The van der Waals surface area contributed by atoms with Crippen LogP contribution in [0, 0.1) is 0 Å². The van der Waals surface area contributed by atoms with Gasteiger partial charge in [-0.15, -0.1) is 0 Å². The van der Waals surface area contributed by atoms with Gasteiger partial charge in [-0.05, 0) is 37.1 Å². The first-order valence-electron chi connectivity index (χ1n) is 7.55. The molecule has 4 nitrogen and oxygen atoms in total. The van der Waals surface area contributed by atoms with Crippen LogP contribution in [0.5, 0.6) is 0 Å². The molecule has 0 unspecified atom stereocenters. The third-order valence-electron chi connectivity index (χ3n) is 3.69. The number of nitrogens with one attached hydrogen (secondary N) is 2. The third kappa shape index (κ3) is 4.85. The molecule has 2 N–H and O–H groups in total. The first-order chi connectivity index (χ1) is 9.71. The average molecular weight is 275 g/mol. The van der Waals surface area contributed by atoms with Crippen LogP contribution >= 0.6 is 0 Å². The molecule has 1 aromatic carbocycles. The van der Waals surface area contributed by atoms with Gasteiger partial charge in [-0.2, -0.15) is 0 Å². The highest BCUT2D eigenvalue weighted by atomic mass is 16.2. The third-order valence-corrected chi connectivity index (χ3v) is 3.69. The number of urea groups is 1. The summed E-state index contributed by atoms with van der Waals surface area (Å²) in [5.41, 5.74) is 2.46. The Morgan fingerprint density at radius 2 is 1.75 bits per heavy atom. The lowest BCUT2D eigenvalue weighted by Crippen LogP contribution is -2.36. The summed E-state index contributed by atoms with van der Waals surface area (Å²) in [6.45, 7) is 8.08. The van der Waals surface area contributed by atoms with Gasteiger partial charge in [-0.3, -0.25) is 4.90 Å². The molecule has 1 aromatic rings. The Bertz CT molecular complexity index is 422. The van der Waals surface area contributed by atoms with E-state index in [1.54, 1.807) is 0 Å². The Morgan fingerprint density at radius 3 is 2.30 bits per heavy atom. The number of amides is 2. The highest BCUT2D eigenvalue weighted by Gasteiger charge is 2.22. The summed E-state index contributed by atoms with van der Waals surface area (Å²) >= 11 is 0. The molecule has 0 bridgehead atoms. The molecule has 0 aliphatic heterocycles. The van der Waals surface area contributed by atoms with Crippen LogP contribution in [0.1, 0.15) is 37.8 Å². The zero-order chi connectivity index (χ0) is 14.4. The van der Waals surface area contributed by atoms with Crippen LogP contribution in [0.3, 0.4) is 0 Å². The second kappa shape index (κ2) is 7.29. The smallest absolute Gasteiger partial charge is 0.315 e. The Kier molecular flexibility index (Phi) is 5.41. The molecule has 4 heteroatoms. The van der Waals surface area contributed by atoms with Crippen LogP contribution in [0.25, 0.3) is 0 Å². The lowest BCUT2D eigenvalue weighted by molar-refractivity contribution is 0.240. The van der Waals surface area contributed by atoms with E-state index in [1.807, 2.05) is 0 Å². The number of nitrogens with zero attached hydrogens (tertiary/aromatic N) is 1. The topological polar surface area (TPSA) is 44.4 Å². The van der Waals surface area contributed by atoms with E-state index in [1.165, 1.54) is 5.56 Å². The summed E-state index contributed by atoms with van der Waals surface area (Å²) in [5.74, 6) is 0. The Balaban J connectivity index is 1.76. The van der Waals surface area contributed by atoms with Crippen LogP contribution in [-0.2, 0) is 13.1 Å². The van der Waals surface area contributed by atoms with E-state index in [0.29, 0.717) is 12.6 Å². The van der Waals surface area contributed by atoms with E-state index >= 15 is 0 Å². The molecule has 110 valence electrons. The van der Waals surface area contributed by atoms with Crippen molar-refractivity contribution >= 4 is 6.03 Å². The van der Waals surface area contributed by atoms with Gasteiger partial charge in [0.15, 0.2) is 0 Å². The number of hydrogen-bond acceptors (Lipinski definition) is 2. The number of carbonyl (C=O) groups is 1. The molecule has 0 spiro atoms. The molecule has 0 atom stereocenters. The highest BCUT2D eigenvalue weighted by Crippen LogP contribution is 2.18. The van der Waals surface area contributed by atoms with Crippen molar-refractivity contribution in [1.29, 1.82) is 0 Å². The highest BCUT2D eigenvalue weighted by molar-refractivity contribution is 5.74. The second-order valence-electron chi connectivity index (χ2n) is 5.38. The molecular weight excluding hydrogens is 250 g/mol. The van der Waals surface area contributed by atoms with E-state index in [2.05, 4.69) is 53.6 Å². The van der Waals surface area contributed by atoms with Crippen molar-refractivity contribution in [2.24, 2.45) is 0 Å². The molecule has 20 heavy (non-hydrogen) atoms. The van der Waals surface area contributed by atoms with Gasteiger partial charge in [-0.1, -0.05) is 38.1 Å². The summed E-state index contributed by atoms with van der Waals surface area (Å²) in [4.78, 5) is 13.9. The summed E-state index contributed by atoms with van der Waals surface area (Å²) in [5, 5.41) is 5.81. The fourth-order valence-electron chi connectivity index (χ4n) is 2.11. The predicted molar refractivity (Wildman–Crippen MR) is 81.5 cm³/mol. The van der Waals surface area contributed by atoms with Crippen LogP contribution in [0.4, 0.5) is 4.79 Å². The maximum atomic E-state index is 11.5. The van der Waals surface area contributed by atoms with Crippen molar-refractivity contribution in [2.75, 3.05) is 13.1 Å². The largest absolute Gasteiger partial charge is 0.335 e. The molecule has 1 fully saturated rings. The monoisotopic (exact) mass is 275 g/mol. The van der Waals surface area contributed by atoms with Crippen molar-refractivity contribution in [2.45, 2.75) is 45.8 Å². The molecule has 0 aromatic heterocycles. The summed E-state index contributed by atoms with van der Waals surface area (Å²) in [6.07, 6.45) is 2.24. The van der Waals surface area contributed by atoms with Crippen molar-refractivity contribution in [3.8, 4) is 0 Å². The number of hydrogen-bond donors (Lipinski definition) is 2. The molecule has 0 radical (unpaired) electrons. The van der Waals surface area contributed by atoms with Gasteiger partial charge in [0.25, 0.3) is 0 Å². The molecule has 1 saturated carbocycles. The fourth-order valence-corrected chi connectivity index (χ4v) is 2.11. The van der Waals surface area contributed by atoms with Gasteiger partial charge >= 0.3 is 6.03 Å². The lowest BCUT2D eigenvalue weighted by atomic mass is 10.1. The van der Waals surface area contributed by atoms with E-state index in [9.17, 15) is 4.79 Å². The minimum Gasteiger partial charge on any atom is -0.335 e. The van der Waals surface area contributed by atoms with Gasteiger partial charge in [0.2, 0.25) is 0 Å². The molecule has 0 saturated heterocycles. The van der Waals surface area contributed by atoms with Gasteiger partial charge in [0.1, 0.15) is 0 Å². The fraction of sp³-hybridized carbons (Fsp3) is 0.562. The second-order valence-corrected chi connectivity index (χ2v) is 5.38. The summed E-state index contributed by atoms with van der Waals surface area (Å²) in [6, 6.07) is 8.83. The first-order valence-corrected chi connectivity index (χ1v) is 7.55. The normalized spacial score (nSPS) is 14.3. The molecule has 2 rings (SSSR count). The molecular formula is C16H25N3O. The Labute approximate surface area is 121 Å². The minimum atomic E-state index is -0.0558.